The second kappa shape index (κ2) is 3.81. The van der Waals surface area contributed by atoms with Crippen molar-refractivity contribution in [2.75, 3.05) is 0 Å². The number of aryl methyl sites for hydroxylation is 4. The fraction of sp³-hybridized carbons (Fsp3) is 0.417. The van der Waals surface area contributed by atoms with Gasteiger partial charge in [-0.1, -0.05) is 6.92 Å². The highest BCUT2D eigenvalue weighted by atomic mass is 32.1. The zero-order valence-corrected chi connectivity index (χ0v) is 10.5. The Hall–Kier alpha value is -1.09. The second-order valence-corrected chi connectivity index (χ2v) is 4.99. The molecule has 0 amide bonds. The molecule has 0 aliphatic carbocycles. The molecule has 2 rings (SSSR count). The highest BCUT2D eigenvalue weighted by molar-refractivity contribution is 7.14. The van der Waals surface area contributed by atoms with Gasteiger partial charge in [0.1, 0.15) is 0 Å². The van der Waals surface area contributed by atoms with E-state index >= 15 is 0 Å². The summed E-state index contributed by atoms with van der Waals surface area (Å²) in [5, 5.41) is 1.10. The normalized spacial score (nSPS) is 10.9. The van der Waals surface area contributed by atoms with E-state index in [2.05, 4.69) is 49.4 Å². The summed E-state index contributed by atoms with van der Waals surface area (Å²) in [5.74, 6) is 0. The first-order valence-electron chi connectivity index (χ1n) is 5.25. The molecule has 0 saturated carbocycles. The highest BCUT2D eigenvalue weighted by Crippen LogP contribution is 2.24. The van der Waals surface area contributed by atoms with Crippen LogP contribution in [0.4, 0.5) is 0 Å². The van der Waals surface area contributed by atoms with Gasteiger partial charge in [-0.15, -0.1) is 11.3 Å². The van der Waals surface area contributed by atoms with E-state index in [4.69, 9.17) is 0 Å². The molecular formula is C12H16N2S. The third-order valence-electron chi connectivity index (χ3n) is 2.68. The maximum Gasteiger partial charge on any atom is 0.194 e. The smallest absolute Gasteiger partial charge is 0.194 e. The van der Waals surface area contributed by atoms with E-state index in [0.717, 1.165) is 11.6 Å². The van der Waals surface area contributed by atoms with Crippen LogP contribution in [0.5, 0.6) is 0 Å². The molecule has 0 N–H and O–H groups in total. The van der Waals surface area contributed by atoms with Crippen LogP contribution in [0, 0.1) is 20.8 Å². The first-order valence-corrected chi connectivity index (χ1v) is 6.06. The number of rotatable bonds is 2. The largest absolute Gasteiger partial charge is 0.295 e. The van der Waals surface area contributed by atoms with Gasteiger partial charge in [-0.25, -0.2) is 4.98 Å². The van der Waals surface area contributed by atoms with Crippen molar-refractivity contribution in [1.82, 2.24) is 9.55 Å². The minimum atomic E-state index is 1.02. The van der Waals surface area contributed by atoms with E-state index in [1.165, 1.54) is 22.0 Å². The van der Waals surface area contributed by atoms with Crippen molar-refractivity contribution in [3.8, 4) is 5.13 Å². The summed E-state index contributed by atoms with van der Waals surface area (Å²) < 4.78 is 2.22. The molecule has 0 radical (unpaired) electrons. The molecule has 2 nitrogen and oxygen atoms in total. The summed E-state index contributed by atoms with van der Waals surface area (Å²) in [4.78, 5) is 6.01. The summed E-state index contributed by atoms with van der Waals surface area (Å²) in [7, 11) is 0. The summed E-state index contributed by atoms with van der Waals surface area (Å²) in [6.45, 7) is 8.54. The lowest BCUT2D eigenvalue weighted by molar-refractivity contribution is 0.926. The standard InChI is InChI=1S/C12H16N2S/c1-5-11-10(4)15-12(13-11)14-8(2)6-7-9(14)3/h6-7H,5H2,1-4H3. The van der Waals surface area contributed by atoms with Crippen molar-refractivity contribution in [1.29, 1.82) is 0 Å². The van der Waals surface area contributed by atoms with Crippen molar-refractivity contribution < 1.29 is 0 Å². The molecule has 0 atom stereocenters. The second-order valence-electron chi connectivity index (χ2n) is 3.80. The van der Waals surface area contributed by atoms with E-state index in [0.29, 0.717) is 0 Å². The van der Waals surface area contributed by atoms with Crippen molar-refractivity contribution in [3.05, 3.63) is 34.1 Å². The summed E-state index contributed by atoms with van der Waals surface area (Å²) in [5.41, 5.74) is 3.73. The number of hydrogen-bond donors (Lipinski definition) is 0. The van der Waals surface area contributed by atoms with Gasteiger partial charge >= 0.3 is 0 Å². The molecule has 2 heterocycles. The van der Waals surface area contributed by atoms with Gasteiger partial charge in [0, 0.05) is 16.3 Å². The third-order valence-corrected chi connectivity index (χ3v) is 3.68. The fourth-order valence-corrected chi connectivity index (χ4v) is 2.92. The number of aromatic nitrogens is 2. The van der Waals surface area contributed by atoms with Crippen LogP contribution in [0.25, 0.3) is 5.13 Å². The Morgan fingerprint density at radius 1 is 1.20 bits per heavy atom. The molecule has 0 aromatic carbocycles. The van der Waals surface area contributed by atoms with Crippen LogP contribution >= 0.6 is 11.3 Å². The fourth-order valence-electron chi connectivity index (χ4n) is 1.81. The minimum Gasteiger partial charge on any atom is -0.295 e. The van der Waals surface area contributed by atoms with Crippen LogP contribution < -0.4 is 0 Å². The Kier molecular flexibility index (Phi) is 2.65. The summed E-state index contributed by atoms with van der Waals surface area (Å²) in [6, 6.07) is 4.27. The number of thiazole rings is 1. The summed E-state index contributed by atoms with van der Waals surface area (Å²) in [6.07, 6.45) is 1.02. The molecule has 0 unspecified atom stereocenters. The molecule has 2 aromatic heterocycles. The molecule has 0 bridgehead atoms. The van der Waals surface area contributed by atoms with Crippen molar-refractivity contribution in [3.63, 3.8) is 0 Å². The summed E-state index contributed by atoms with van der Waals surface area (Å²) >= 11 is 1.78. The van der Waals surface area contributed by atoms with Crippen LogP contribution in [0.3, 0.4) is 0 Å². The molecular weight excluding hydrogens is 204 g/mol. The first-order chi connectivity index (χ1) is 7.13. The highest BCUT2D eigenvalue weighted by Gasteiger charge is 2.10. The Balaban J connectivity index is 2.54. The first kappa shape index (κ1) is 10.4. The Bertz CT molecular complexity index is 460. The molecule has 3 heteroatoms. The van der Waals surface area contributed by atoms with Crippen molar-refractivity contribution in [2.24, 2.45) is 0 Å². The van der Waals surface area contributed by atoms with Gasteiger partial charge in [-0.2, -0.15) is 0 Å². The minimum absolute atomic E-state index is 1.02. The zero-order valence-electron chi connectivity index (χ0n) is 9.66. The molecule has 0 spiro atoms. The van der Waals surface area contributed by atoms with Crippen LogP contribution in [0.15, 0.2) is 12.1 Å². The predicted octanol–water partition coefficient (Wildman–Crippen LogP) is 3.42. The Morgan fingerprint density at radius 3 is 2.27 bits per heavy atom. The van der Waals surface area contributed by atoms with Gasteiger partial charge in [-0.05, 0) is 39.3 Å². The average molecular weight is 220 g/mol. The van der Waals surface area contributed by atoms with Crippen molar-refractivity contribution in [2.45, 2.75) is 34.1 Å². The molecule has 0 fully saturated rings. The monoisotopic (exact) mass is 220 g/mol. The molecule has 2 aromatic rings. The lowest BCUT2D eigenvalue weighted by Crippen LogP contribution is -1.98. The zero-order chi connectivity index (χ0) is 11.0. The van der Waals surface area contributed by atoms with Gasteiger partial charge in [0.15, 0.2) is 5.13 Å². The van der Waals surface area contributed by atoms with Crippen LogP contribution in [0.1, 0.15) is 28.9 Å². The number of nitrogens with zero attached hydrogens (tertiary/aromatic N) is 2. The molecule has 0 aliphatic rings. The van der Waals surface area contributed by atoms with Crippen LogP contribution in [0.2, 0.25) is 0 Å². The quantitative estimate of drug-likeness (QED) is 0.758. The van der Waals surface area contributed by atoms with Crippen molar-refractivity contribution >= 4 is 11.3 Å². The van der Waals surface area contributed by atoms with Gasteiger partial charge in [0.2, 0.25) is 0 Å². The lowest BCUT2D eigenvalue weighted by atomic mass is 10.3. The van der Waals surface area contributed by atoms with E-state index in [-0.39, 0.29) is 0 Å². The molecule has 15 heavy (non-hydrogen) atoms. The predicted molar refractivity (Wildman–Crippen MR) is 65.0 cm³/mol. The van der Waals surface area contributed by atoms with Crippen LogP contribution in [-0.4, -0.2) is 9.55 Å². The Labute approximate surface area is 94.6 Å². The van der Waals surface area contributed by atoms with Gasteiger partial charge in [0.05, 0.1) is 5.69 Å². The van der Waals surface area contributed by atoms with Crippen LogP contribution in [-0.2, 0) is 6.42 Å². The SMILES string of the molecule is CCc1nc(-n2c(C)ccc2C)sc1C. The topological polar surface area (TPSA) is 17.8 Å². The van der Waals surface area contributed by atoms with E-state index in [1.54, 1.807) is 11.3 Å². The average Bonchev–Trinajstić information content (AvgIpc) is 2.70. The van der Waals surface area contributed by atoms with E-state index < -0.39 is 0 Å². The third kappa shape index (κ3) is 1.72. The lowest BCUT2D eigenvalue weighted by Gasteiger charge is -2.03. The number of hydrogen-bond acceptors (Lipinski definition) is 2. The molecule has 0 saturated heterocycles. The molecule has 80 valence electrons. The Morgan fingerprint density at radius 2 is 1.80 bits per heavy atom. The van der Waals surface area contributed by atoms with Gasteiger partial charge in [-0.3, -0.25) is 4.57 Å². The van der Waals surface area contributed by atoms with E-state index in [1.807, 2.05) is 0 Å². The maximum atomic E-state index is 4.67. The maximum absolute atomic E-state index is 4.67. The van der Waals surface area contributed by atoms with E-state index in [9.17, 15) is 0 Å². The van der Waals surface area contributed by atoms with Gasteiger partial charge in [0.25, 0.3) is 0 Å². The van der Waals surface area contributed by atoms with Gasteiger partial charge < -0.3 is 0 Å². The molecule has 0 aliphatic heterocycles.